The van der Waals surface area contributed by atoms with Gasteiger partial charge < -0.3 is 5.32 Å². The molecule has 1 atom stereocenters. The number of nitrogens with one attached hydrogen (secondary N) is 1. The Balaban J connectivity index is 2.17. The van der Waals surface area contributed by atoms with E-state index in [4.69, 9.17) is 0 Å². The first-order chi connectivity index (χ1) is 9.18. The molecule has 96 valence electrons. The number of hydrogen-bond donors (Lipinski definition) is 1. The van der Waals surface area contributed by atoms with Crippen LogP contribution in [0.25, 0.3) is 0 Å². The van der Waals surface area contributed by atoms with Crippen LogP contribution in [0.5, 0.6) is 0 Å². The van der Waals surface area contributed by atoms with Crippen molar-refractivity contribution in [3.63, 3.8) is 0 Å². The zero-order valence-corrected chi connectivity index (χ0v) is 10.1. The summed E-state index contributed by atoms with van der Waals surface area (Å²) < 4.78 is 26.1. The zero-order chi connectivity index (χ0) is 13.7. The summed E-state index contributed by atoms with van der Waals surface area (Å²) >= 11 is 0. The monoisotopic (exact) mass is 259 g/mol. The second-order valence-electron chi connectivity index (χ2n) is 4.06. The highest BCUT2D eigenvalue weighted by Crippen LogP contribution is 2.18. The van der Waals surface area contributed by atoms with E-state index in [1.165, 1.54) is 0 Å². The first-order valence-electron chi connectivity index (χ1n) is 5.87. The molecule has 0 aliphatic heterocycles. The van der Waals surface area contributed by atoms with Crippen LogP contribution in [0.4, 0.5) is 8.63 Å². The van der Waals surface area contributed by atoms with E-state index in [9.17, 15) is 13.4 Å². The van der Waals surface area contributed by atoms with Gasteiger partial charge in [-0.3, -0.25) is 13.4 Å². The molecule has 2 nitrogen and oxygen atoms in total. The molecule has 19 heavy (non-hydrogen) atoms. The molecule has 0 fully saturated rings. The lowest BCUT2D eigenvalue weighted by molar-refractivity contribution is 0.0945. The standard InChI is InChI=1S/C14H12BF2NO/c16-15(17)13(11-7-3-1-4-8-11)18-14(19)12-9-5-2-6-10-12/h1-10,13H,(H,18,19)/t13-/m0/s1. The predicted octanol–water partition coefficient (Wildman–Crippen LogP) is 3.12. The molecule has 0 aromatic heterocycles. The molecule has 0 saturated carbocycles. The zero-order valence-electron chi connectivity index (χ0n) is 10.1. The highest BCUT2D eigenvalue weighted by molar-refractivity contribution is 6.45. The molecule has 0 aliphatic carbocycles. The van der Waals surface area contributed by atoms with Crippen molar-refractivity contribution in [2.75, 3.05) is 0 Å². The summed E-state index contributed by atoms with van der Waals surface area (Å²) in [6, 6.07) is 16.5. The smallest absolute Gasteiger partial charge is 0.346 e. The molecule has 1 N–H and O–H groups in total. The summed E-state index contributed by atoms with van der Waals surface area (Å²) in [5, 5.41) is 2.36. The van der Waals surface area contributed by atoms with Crippen LogP contribution in [0, 0.1) is 0 Å². The first kappa shape index (κ1) is 13.3. The van der Waals surface area contributed by atoms with Gasteiger partial charge in [-0.2, -0.15) is 0 Å². The van der Waals surface area contributed by atoms with Crippen molar-refractivity contribution in [1.29, 1.82) is 0 Å². The molecule has 2 rings (SSSR count). The second kappa shape index (κ2) is 6.13. The molecule has 0 heterocycles. The fourth-order valence-electron chi connectivity index (χ4n) is 1.77. The Morgan fingerprint density at radius 3 is 2.00 bits per heavy atom. The average Bonchev–Trinajstić information content (AvgIpc) is 2.46. The van der Waals surface area contributed by atoms with E-state index >= 15 is 0 Å². The van der Waals surface area contributed by atoms with Crippen molar-refractivity contribution in [3.8, 4) is 0 Å². The molecule has 2 aromatic carbocycles. The fourth-order valence-corrected chi connectivity index (χ4v) is 1.77. The third kappa shape index (κ3) is 3.41. The molecule has 2 aromatic rings. The Kier molecular flexibility index (Phi) is 4.28. The molecule has 0 radical (unpaired) electrons. The summed E-state index contributed by atoms with van der Waals surface area (Å²) in [4.78, 5) is 11.9. The number of hydrogen-bond acceptors (Lipinski definition) is 1. The van der Waals surface area contributed by atoms with Crippen LogP contribution in [0.2, 0.25) is 0 Å². The molecule has 0 aliphatic rings. The third-order valence-corrected chi connectivity index (χ3v) is 2.73. The molecule has 0 spiro atoms. The second-order valence-corrected chi connectivity index (χ2v) is 4.06. The van der Waals surface area contributed by atoms with E-state index in [-0.39, 0.29) is 0 Å². The van der Waals surface area contributed by atoms with Crippen LogP contribution in [0.1, 0.15) is 21.9 Å². The lowest BCUT2D eigenvalue weighted by Crippen LogP contribution is -2.35. The number of benzene rings is 2. The van der Waals surface area contributed by atoms with Crippen LogP contribution in [0.15, 0.2) is 60.7 Å². The molecular formula is C14H12BF2NO. The Morgan fingerprint density at radius 1 is 0.947 bits per heavy atom. The highest BCUT2D eigenvalue weighted by Gasteiger charge is 2.30. The first-order valence-corrected chi connectivity index (χ1v) is 5.87. The number of rotatable bonds is 4. The van der Waals surface area contributed by atoms with E-state index in [1.807, 2.05) is 0 Å². The Morgan fingerprint density at radius 2 is 1.47 bits per heavy atom. The molecule has 5 heteroatoms. The van der Waals surface area contributed by atoms with Crippen molar-refractivity contribution >= 4 is 13.2 Å². The van der Waals surface area contributed by atoms with Gasteiger partial charge in [-0.15, -0.1) is 0 Å². The van der Waals surface area contributed by atoms with Gasteiger partial charge in [-0.05, 0) is 17.7 Å². The maximum Gasteiger partial charge on any atom is 0.564 e. The van der Waals surface area contributed by atoms with Gasteiger partial charge in [-0.1, -0.05) is 48.5 Å². The Bertz CT molecular complexity index is 534. The summed E-state index contributed by atoms with van der Waals surface area (Å²) in [6.45, 7) is 0. The minimum Gasteiger partial charge on any atom is -0.346 e. The SMILES string of the molecule is O=C(N[C@H](B(F)F)c1ccccc1)c1ccccc1. The number of carbonyl (C=O) groups excluding carboxylic acids is 1. The summed E-state index contributed by atoms with van der Waals surface area (Å²) in [5.74, 6) is -1.80. The molecular weight excluding hydrogens is 247 g/mol. The lowest BCUT2D eigenvalue weighted by atomic mass is 9.80. The van der Waals surface area contributed by atoms with E-state index in [0.717, 1.165) is 0 Å². The van der Waals surface area contributed by atoms with Crippen LogP contribution in [0.3, 0.4) is 0 Å². The summed E-state index contributed by atoms with van der Waals surface area (Å²) in [7, 11) is -2.66. The number of carbonyl (C=O) groups is 1. The van der Waals surface area contributed by atoms with Crippen molar-refractivity contribution < 1.29 is 13.4 Å². The van der Waals surface area contributed by atoms with Crippen molar-refractivity contribution in [3.05, 3.63) is 71.8 Å². The van der Waals surface area contributed by atoms with Gasteiger partial charge in [0.1, 0.15) is 0 Å². The van der Waals surface area contributed by atoms with Gasteiger partial charge in [-0.25, -0.2) is 0 Å². The van der Waals surface area contributed by atoms with Crippen molar-refractivity contribution in [2.45, 2.75) is 5.94 Å². The van der Waals surface area contributed by atoms with E-state index in [2.05, 4.69) is 5.32 Å². The van der Waals surface area contributed by atoms with Crippen LogP contribution < -0.4 is 5.32 Å². The van der Waals surface area contributed by atoms with E-state index < -0.39 is 19.1 Å². The summed E-state index contributed by atoms with van der Waals surface area (Å²) in [5.41, 5.74) is 0.755. The number of halogens is 2. The molecule has 0 saturated heterocycles. The van der Waals surface area contributed by atoms with Gasteiger partial charge >= 0.3 is 7.27 Å². The Hall–Kier alpha value is -2.17. The maximum atomic E-state index is 13.0. The van der Waals surface area contributed by atoms with Crippen LogP contribution in [-0.4, -0.2) is 13.2 Å². The third-order valence-electron chi connectivity index (χ3n) is 2.73. The van der Waals surface area contributed by atoms with Gasteiger partial charge in [0.2, 0.25) is 0 Å². The van der Waals surface area contributed by atoms with Crippen LogP contribution in [-0.2, 0) is 0 Å². The van der Waals surface area contributed by atoms with Gasteiger partial charge in [0.15, 0.2) is 0 Å². The highest BCUT2D eigenvalue weighted by atomic mass is 19.2. The molecule has 0 unspecified atom stereocenters. The Labute approximate surface area is 110 Å². The maximum absolute atomic E-state index is 13.0. The minimum absolute atomic E-state index is 0.365. The normalized spacial score (nSPS) is 11.7. The van der Waals surface area contributed by atoms with Crippen LogP contribution >= 0.6 is 0 Å². The predicted molar refractivity (Wildman–Crippen MR) is 71.1 cm³/mol. The van der Waals surface area contributed by atoms with Gasteiger partial charge in [0, 0.05) is 5.56 Å². The van der Waals surface area contributed by atoms with E-state index in [1.54, 1.807) is 60.7 Å². The number of amides is 1. The average molecular weight is 259 g/mol. The van der Waals surface area contributed by atoms with Gasteiger partial charge in [0.05, 0.1) is 5.94 Å². The molecule has 1 amide bonds. The topological polar surface area (TPSA) is 29.1 Å². The fraction of sp³-hybridized carbons (Fsp3) is 0.0714. The van der Waals surface area contributed by atoms with Gasteiger partial charge in [0.25, 0.3) is 5.91 Å². The lowest BCUT2D eigenvalue weighted by Gasteiger charge is -2.16. The molecule has 0 bridgehead atoms. The minimum atomic E-state index is -2.66. The van der Waals surface area contributed by atoms with Crippen molar-refractivity contribution in [1.82, 2.24) is 5.32 Å². The van der Waals surface area contributed by atoms with E-state index in [0.29, 0.717) is 11.1 Å². The quantitative estimate of drug-likeness (QED) is 0.839. The summed E-state index contributed by atoms with van der Waals surface area (Å²) in [6.07, 6.45) is 0. The largest absolute Gasteiger partial charge is 0.564 e. The van der Waals surface area contributed by atoms with Crippen molar-refractivity contribution in [2.24, 2.45) is 0 Å².